The zero-order valence-electron chi connectivity index (χ0n) is 11.2. The number of hydrogen-bond donors (Lipinski definition) is 0. The minimum Gasteiger partial charge on any atom is -0.466 e. The number of carbonyl (C=O) groups is 1. The molecule has 0 spiro atoms. The highest BCUT2D eigenvalue weighted by Gasteiger charge is 2.65. The molecular formula is C14H26O2. The molecule has 1 aliphatic rings. The number of carbonyl (C=O) groups excluding carboxylic acids is 1. The predicted molar refractivity (Wildman–Crippen MR) is 66.2 cm³/mol. The van der Waals surface area contributed by atoms with Gasteiger partial charge < -0.3 is 4.74 Å². The van der Waals surface area contributed by atoms with Crippen LogP contribution in [-0.4, -0.2) is 12.6 Å². The largest absolute Gasteiger partial charge is 0.466 e. The highest BCUT2D eigenvalue weighted by Crippen LogP contribution is 2.66. The van der Waals surface area contributed by atoms with E-state index in [9.17, 15) is 4.79 Å². The van der Waals surface area contributed by atoms with Crippen LogP contribution in [0.3, 0.4) is 0 Å². The lowest BCUT2D eigenvalue weighted by Crippen LogP contribution is -2.14. The number of esters is 1. The van der Waals surface area contributed by atoms with E-state index in [-0.39, 0.29) is 17.3 Å². The average Bonchev–Trinajstić information content (AvgIpc) is 2.87. The van der Waals surface area contributed by atoms with Crippen molar-refractivity contribution in [2.75, 3.05) is 6.61 Å². The van der Waals surface area contributed by atoms with Crippen LogP contribution in [0.25, 0.3) is 0 Å². The zero-order chi connectivity index (χ0) is 12.2. The summed E-state index contributed by atoms with van der Waals surface area (Å²) in [5, 5.41) is 0. The summed E-state index contributed by atoms with van der Waals surface area (Å²) in [4.78, 5) is 11.9. The van der Waals surface area contributed by atoms with Crippen LogP contribution in [0.1, 0.15) is 59.8 Å². The van der Waals surface area contributed by atoms with Gasteiger partial charge >= 0.3 is 5.97 Å². The van der Waals surface area contributed by atoms with Gasteiger partial charge in [-0.1, -0.05) is 40.0 Å². The molecule has 0 aromatic rings. The fourth-order valence-corrected chi connectivity index (χ4v) is 3.59. The second-order valence-corrected chi connectivity index (χ2v) is 4.98. The molecule has 1 saturated carbocycles. The van der Waals surface area contributed by atoms with Crippen molar-refractivity contribution in [3.8, 4) is 0 Å². The molecule has 1 rings (SSSR count). The van der Waals surface area contributed by atoms with Crippen molar-refractivity contribution >= 4 is 5.97 Å². The van der Waals surface area contributed by atoms with Gasteiger partial charge in [0.25, 0.3) is 0 Å². The molecule has 2 atom stereocenters. The van der Waals surface area contributed by atoms with E-state index < -0.39 is 0 Å². The van der Waals surface area contributed by atoms with Crippen LogP contribution < -0.4 is 0 Å². The lowest BCUT2D eigenvalue weighted by atomic mass is 9.90. The Balaban J connectivity index is 2.72. The maximum atomic E-state index is 11.9. The van der Waals surface area contributed by atoms with Crippen LogP contribution in [0.5, 0.6) is 0 Å². The SMILES string of the molecule is CCCC1(CCC)C(CC)C1C(=O)OCC. The van der Waals surface area contributed by atoms with E-state index in [0.717, 1.165) is 6.42 Å². The summed E-state index contributed by atoms with van der Waals surface area (Å²) in [7, 11) is 0. The van der Waals surface area contributed by atoms with E-state index >= 15 is 0 Å². The monoisotopic (exact) mass is 226 g/mol. The van der Waals surface area contributed by atoms with Gasteiger partial charge in [0.1, 0.15) is 0 Å². The first kappa shape index (κ1) is 13.5. The molecule has 0 aliphatic heterocycles. The number of ether oxygens (including phenoxy) is 1. The van der Waals surface area contributed by atoms with Crippen molar-refractivity contribution in [3.63, 3.8) is 0 Å². The first-order valence-corrected chi connectivity index (χ1v) is 6.84. The van der Waals surface area contributed by atoms with E-state index in [4.69, 9.17) is 4.74 Å². The molecule has 1 aliphatic carbocycles. The summed E-state index contributed by atoms with van der Waals surface area (Å²) >= 11 is 0. The molecule has 0 amide bonds. The molecule has 2 unspecified atom stereocenters. The minimum atomic E-state index is 0.0521. The molecule has 1 fully saturated rings. The van der Waals surface area contributed by atoms with Crippen molar-refractivity contribution in [2.45, 2.75) is 59.8 Å². The fourth-order valence-electron chi connectivity index (χ4n) is 3.59. The molecule has 0 bridgehead atoms. The van der Waals surface area contributed by atoms with Crippen molar-refractivity contribution in [3.05, 3.63) is 0 Å². The molecule has 0 heterocycles. The van der Waals surface area contributed by atoms with E-state index in [2.05, 4.69) is 20.8 Å². The lowest BCUT2D eigenvalue weighted by molar-refractivity contribution is -0.146. The third-order valence-electron chi connectivity index (χ3n) is 4.06. The molecule has 2 nitrogen and oxygen atoms in total. The Morgan fingerprint density at radius 1 is 1.12 bits per heavy atom. The minimum absolute atomic E-state index is 0.0521. The normalized spacial score (nSPS) is 26.5. The molecular weight excluding hydrogens is 200 g/mol. The van der Waals surface area contributed by atoms with Crippen LogP contribution in [0.4, 0.5) is 0 Å². The van der Waals surface area contributed by atoms with Crippen LogP contribution in [0, 0.1) is 17.3 Å². The first-order valence-electron chi connectivity index (χ1n) is 6.84. The van der Waals surface area contributed by atoms with Crippen molar-refractivity contribution in [2.24, 2.45) is 17.3 Å². The Labute approximate surface area is 99.8 Å². The Bertz CT molecular complexity index is 229. The Kier molecular flexibility index (Phi) is 4.82. The smallest absolute Gasteiger partial charge is 0.309 e. The van der Waals surface area contributed by atoms with Gasteiger partial charge in [-0.3, -0.25) is 4.79 Å². The van der Waals surface area contributed by atoms with Gasteiger partial charge in [0.15, 0.2) is 0 Å². The lowest BCUT2D eigenvalue weighted by Gasteiger charge is -2.15. The average molecular weight is 226 g/mol. The summed E-state index contributed by atoms with van der Waals surface area (Å²) in [6, 6.07) is 0. The molecule has 16 heavy (non-hydrogen) atoms. The summed E-state index contributed by atoms with van der Waals surface area (Å²) in [6.45, 7) is 9.03. The fraction of sp³-hybridized carbons (Fsp3) is 0.929. The zero-order valence-corrected chi connectivity index (χ0v) is 11.2. The van der Waals surface area contributed by atoms with Gasteiger partial charge in [-0.15, -0.1) is 0 Å². The maximum Gasteiger partial charge on any atom is 0.309 e. The maximum absolute atomic E-state index is 11.9. The van der Waals surface area contributed by atoms with Gasteiger partial charge in [0, 0.05) is 0 Å². The van der Waals surface area contributed by atoms with Gasteiger partial charge in [-0.25, -0.2) is 0 Å². The third-order valence-corrected chi connectivity index (χ3v) is 4.06. The summed E-state index contributed by atoms with van der Waals surface area (Å²) in [5.41, 5.74) is 0.282. The van der Waals surface area contributed by atoms with E-state index in [1.54, 1.807) is 0 Å². The Morgan fingerprint density at radius 3 is 2.06 bits per heavy atom. The molecule has 2 heteroatoms. The molecule has 0 radical (unpaired) electrons. The van der Waals surface area contributed by atoms with Crippen LogP contribution in [-0.2, 0) is 9.53 Å². The van der Waals surface area contributed by atoms with E-state index in [1.807, 2.05) is 6.92 Å². The summed E-state index contributed by atoms with van der Waals surface area (Å²) in [5.74, 6) is 0.819. The van der Waals surface area contributed by atoms with E-state index in [1.165, 1.54) is 25.7 Å². The van der Waals surface area contributed by atoms with E-state index in [0.29, 0.717) is 12.5 Å². The molecule has 94 valence electrons. The van der Waals surface area contributed by atoms with Gasteiger partial charge in [-0.05, 0) is 31.1 Å². The van der Waals surface area contributed by atoms with Crippen molar-refractivity contribution < 1.29 is 9.53 Å². The van der Waals surface area contributed by atoms with Gasteiger partial charge in [0.05, 0.1) is 12.5 Å². The second-order valence-electron chi connectivity index (χ2n) is 4.98. The third kappa shape index (κ3) is 2.26. The standard InChI is InChI=1S/C14H26O2/c1-5-9-14(10-6-2)11(7-3)12(14)13(15)16-8-4/h11-12H,5-10H2,1-4H3. The quantitative estimate of drug-likeness (QED) is 0.617. The van der Waals surface area contributed by atoms with Gasteiger partial charge in [-0.2, -0.15) is 0 Å². The Morgan fingerprint density at radius 2 is 1.69 bits per heavy atom. The second kappa shape index (κ2) is 5.70. The Hall–Kier alpha value is -0.530. The molecule has 0 N–H and O–H groups in total. The van der Waals surface area contributed by atoms with Crippen LogP contribution in [0.2, 0.25) is 0 Å². The summed E-state index contributed by atoms with van der Waals surface area (Å²) < 4.78 is 5.21. The predicted octanol–water partition coefficient (Wildman–Crippen LogP) is 3.79. The topological polar surface area (TPSA) is 26.3 Å². The first-order chi connectivity index (χ1) is 7.67. The number of rotatable bonds is 7. The summed E-state index contributed by atoms with van der Waals surface area (Å²) in [6.07, 6.45) is 5.83. The van der Waals surface area contributed by atoms with Crippen LogP contribution >= 0.6 is 0 Å². The van der Waals surface area contributed by atoms with Crippen molar-refractivity contribution in [1.82, 2.24) is 0 Å². The number of hydrogen-bond acceptors (Lipinski definition) is 2. The van der Waals surface area contributed by atoms with Gasteiger partial charge in [0.2, 0.25) is 0 Å². The highest BCUT2D eigenvalue weighted by atomic mass is 16.5. The van der Waals surface area contributed by atoms with Crippen molar-refractivity contribution in [1.29, 1.82) is 0 Å². The highest BCUT2D eigenvalue weighted by molar-refractivity contribution is 5.77. The van der Waals surface area contributed by atoms with Crippen LogP contribution in [0.15, 0.2) is 0 Å². The molecule has 0 aromatic carbocycles. The molecule has 0 aromatic heterocycles. The molecule has 0 saturated heterocycles.